The van der Waals surface area contributed by atoms with E-state index in [0.717, 1.165) is 5.56 Å². The molecule has 0 aromatic heterocycles. The van der Waals surface area contributed by atoms with Gasteiger partial charge in [0, 0.05) is 5.56 Å². The van der Waals surface area contributed by atoms with E-state index in [0.29, 0.717) is 11.1 Å². The van der Waals surface area contributed by atoms with Crippen LogP contribution in [0.2, 0.25) is 0 Å². The highest BCUT2D eigenvalue weighted by molar-refractivity contribution is 6.26. The number of aliphatic carboxylic acids is 1. The number of aryl methyl sites for hydroxylation is 1. The topological polar surface area (TPSA) is 74.6 Å². The monoisotopic (exact) mass is 282 g/mol. The fraction of sp³-hybridized carbons (Fsp3) is 0.0588. The van der Waals surface area contributed by atoms with E-state index in [1.165, 1.54) is 18.2 Å². The van der Waals surface area contributed by atoms with Gasteiger partial charge in [-0.05, 0) is 30.7 Å². The Morgan fingerprint density at radius 3 is 2.29 bits per heavy atom. The third kappa shape index (κ3) is 3.57. The average molecular weight is 282 g/mol. The zero-order valence-electron chi connectivity index (χ0n) is 11.4. The van der Waals surface area contributed by atoms with Crippen molar-refractivity contribution in [1.82, 2.24) is 0 Å². The highest BCUT2D eigenvalue weighted by atomic mass is 16.4. The lowest BCUT2D eigenvalue weighted by molar-refractivity contribution is -0.132. The normalized spacial score (nSPS) is 11.2. The van der Waals surface area contributed by atoms with Crippen molar-refractivity contribution < 1.29 is 19.8 Å². The van der Waals surface area contributed by atoms with Crippen molar-refractivity contribution in [2.45, 2.75) is 6.92 Å². The average Bonchev–Trinajstić information content (AvgIpc) is 2.44. The highest BCUT2D eigenvalue weighted by Gasteiger charge is 2.19. The summed E-state index contributed by atoms with van der Waals surface area (Å²) < 4.78 is 0. The van der Waals surface area contributed by atoms with Crippen LogP contribution in [0.1, 0.15) is 21.5 Å². The van der Waals surface area contributed by atoms with Crippen LogP contribution >= 0.6 is 0 Å². The molecule has 0 amide bonds. The summed E-state index contributed by atoms with van der Waals surface area (Å²) in [6, 6.07) is 12.8. The van der Waals surface area contributed by atoms with Gasteiger partial charge in [0.2, 0.25) is 0 Å². The molecule has 21 heavy (non-hydrogen) atoms. The van der Waals surface area contributed by atoms with E-state index in [-0.39, 0.29) is 11.3 Å². The number of carboxylic acids is 1. The number of hydrogen-bond acceptors (Lipinski definition) is 3. The van der Waals surface area contributed by atoms with Crippen molar-refractivity contribution in [3.8, 4) is 5.75 Å². The van der Waals surface area contributed by atoms with Crippen LogP contribution < -0.4 is 0 Å². The van der Waals surface area contributed by atoms with E-state index >= 15 is 0 Å². The molecule has 0 bridgehead atoms. The molecule has 0 heterocycles. The Morgan fingerprint density at radius 1 is 1.05 bits per heavy atom. The number of phenolic OH excluding ortho intramolecular Hbond substituents is 1. The molecule has 0 aliphatic heterocycles. The van der Waals surface area contributed by atoms with Gasteiger partial charge in [0.1, 0.15) is 11.3 Å². The van der Waals surface area contributed by atoms with Gasteiger partial charge < -0.3 is 10.2 Å². The van der Waals surface area contributed by atoms with Crippen LogP contribution in [-0.4, -0.2) is 22.0 Å². The molecule has 0 atom stereocenters. The van der Waals surface area contributed by atoms with Gasteiger partial charge in [0.25, 0.3) is 0 Å². The predicted octanol–water partition coefficient (Wildman–Crippen LogP) is 3.05. The maximum atomic E-state index is 12.3. The van der Waals surface area contributed by atoms with Gasteiger partial charge in [-0.1, -0.05) is 42.0 Å². The first-order valence-corrected chi connectivity index (χ1v) is 6.33. The summed E-state index contributed by atoms with van der Waals surface area (Å²) in [6.07, 6.45) is 1.25. The maximum absolute atomic E-state index is 12.3. The Morgan fingerprint density at radius 2 is 1.71 bits per heavy atom. The Bertz CT molecular complexity index is 712. The molecule has 0 unspecified atom stereocenters. The fourth-order valence-corrected chi connectivity index (χ4v) is 1.87. The number of Topliss-reactive ketones (excluding diaryl/α,β-unsaturated/α-hetero) is 1. The minimum atomic E-state index is -1.30. The van der Waals surface area contributed by atoms with Crippen LogP contribution in [-0.2, 0) is 4.79 Å². The standard InChI is InChI=1S/C17H14O4/c1-11-5-7-13(8-6-11)16(19)15(17(20)21)10-12-3-2-4-14(18)9-12/h2-10,18H,1H3,(H,20,21)/b15-10-. The van der Waals surface area contributed by atoms with E-state index < -0.39 is 11.8 Å². The molecule has 0 saturated heterocycles. The van der Waals surface area contributed by atoms with E-state index in [4.69, 9.17) is 0 Å². The summed E-state index contributed by atoms with van der Waals surface area (Å²) in [5.74, 6) is -1.86. The summed E-state index contributed by atoms with van der Waals surface area (Å²) in [4.78, 5) is 23.6. The number of phenols is 1. The molecule has 0 fully saturated rings. The Balaban J connectivity index is 2.41. The second-order valence-electron chi connectivity index (χ2n) is 4.65. The smallest absolute Gasteiger partial charge is 0.339 e. The summed E-state index contributed by atoms with van der Waals surface area (Å²) in [7, 11) is 0. The van der Waals surface area contributed by atoms with Crippen LogP contribution in [0.4, 0.5) is 0 Å². The highest BCUT2D eigenvalue weighted by Crippen LogP contribution is 2.17. The number of carboxylic acid groups (broad SMARTS) is 1. The molecule has 2 aromatic rings. The van der Waals surface area contributed by atoms with Crippen molar-refractivity contribution >= 4 is 17.8 Å². The van der Waals surface area contributed by atoms with Crippen molar-refractivity contribution in [3.05, 3.63) is 70.8 Å². The number of benzene rings is 2. The quantitative estimate of drug-likeness (QED) is 0.391. The molecule has 0 aliphatic rings. The van der Waals surface area contributed by atoms with E-state index in [1.54, 1.807) is 36.4 Å². The van der Waals surface area contributed by atoms with Gasteiger partial charge in [-0.3, -0.25) is 4.79 Å². The molecule has 2 N–H and O–H groups in total. The van der Waals surface area contributed by atoms with Crippen molar-refractivity contribution in [2.24, 2.45) is 0 Å². The number of ketones is 1. The molecule has 106 valence electrons. The molecule has 0 radical (unpaired) electrons. The zero-order valence-corrected chi connectivity index (χ0v) is 11.4. The summed E-state index contributed by atoms with van der Waals surface area (Å²) in [5, 5.41) is 18.6. The maximum Gasteiger partial charge on any atom is 0.339 e. The Kier molecular flexibility index (Phi) is 4.18. The number of carbonyl (C=O) groups is 2. The number of carbonyl (C=O) groups excluding carboxylic acids is 1. The number of rotatable bonds is 4. The lowest BCUT2D eigenvalue weighted by Crippen LogP contribution is -2.12. The van der Waals surface area contributed by atoms with Crippen LogP contribution in [0, 0.1) is 6.92 Å². The van der Waals surface area contributed by atoms with Crippen LogP contribution in [0.25, 0.3) is 6.08 Å². The van der Waals surface area contributed by atoms with Crippen molar-refractivity contribution in [1.29, 1.82) is 0 Å². The zero-order chi connectivity index (χ0) is 15.4. The van der Waals surface area contributed by atoms with Crippen LogP contribution in [0.3, 0.4) is 0 Å². The van der Waals surface area contributed by atoms with Gasteiger partial charge in [-0.2, -0.15) is 0 Å². The molecular weight excluding hydrogens is 268 g/mol. The Labute approximate surface area is 122 Å². The molecule has 2 aromatic carbocycles. The summed E-state index contributed by atoms with van der Waals surface area (Å²) in [5.41, 5.74) is 1.41. The molecule has 2 rings (SSSR count). The van der Waals surface area contributed by atoms with Crippen molar-refractivity contribution in [2.75, 3.05) is 0 Å². The SMILES string of the molecule is Cc1ccc(C(=O)/C(=C/c2cccc(O)c2)C(=O)O)cc1. The van der Waals surface area contributed by atoms with E-state index in [2.05, 4.69) is 0 Å². The van der Waals surface area contributed by atoms with E-state index in [9.17, 15) is 19.8 Å². The lowest BCUT2D eigenvalue weighted by atomic mass is 10.00. The molecule has 0 aliphatic carbocycles. The molecule has 4 nitrogen and oxygen atoms in total. The number of aromatic hydroxyl groups is 1. The molecule has 0 spiro atoms. The second-order valence-corrected chi connectivity index (χ2v) is 4.65. The van der Waals surface area contributed by atoms with Gasteiger partial charge in [-0.15, -0.1) is 0 Å². The van der Waals surface area contributed by atoms with E-state index in [1.807, 2.05) is 6.92 Å². The van der Waals surface area contributed by atoms with Crippen LogP contribution in [0.15, 0.2) is 54.1 Å². The minimum absolute atomic E-state index is 0.0104. The number of hydrogen-bond donors (Lipinski definition) is 2. The third-order valence-corrected chi connectivity index (χ3v) is 2.97. The van der Waals surface area contributed by atoms with Crippen LogP contribution in [0.5, 0.6) is 5.75 Å². The van der Waals surface area contributed by atoms with Gasteiger partial charge in [-0.25, -0.2) is 4.79 Å². The Hall–Kier alpha value is -2.88. The lowest BCUT2D eigenvalue weighted by Gasteiger charge is -2.03. The predicted molar refractivity (Wildman–Crippen MR) is 79.2 cm³/mol. The first-order chi connectivity index (χ1) is 9.97. The first-order valence-electron chi connectivity index (χ1n) is 6.33. The molecule has 4 heteroatoms. The molecular formula is C17H14O4. The van der Waals surface area contributed by atoms with Gasteiger partial charge in [0.05, 0.1) is 0 Å². The molecule has 0 saturated carbocycles. The first kappa shape index (κ1) is 14.5. The van der Waals surface area contributed by atoms with Gasteiger partial charge in [0.15, 0.2) is 5.78 Å². The largest absolute Gasteiger partial charge is 0.508 e. The fourth-order valence-electron chi connectivity index (χ4n) is 1.87. The van der Waals surface area contributed by atoms with Gasteiger partial charge >= 0.3 is 5.97 Å². The van der Waals surface area contributed by atoms with Crippen molar-refractivity contribution in [3.63, 3.8) is 0 Å². The second kappa shape index (κ2) is 6.05. The summed E-state index contributed by atoms with van der Waals surface area (Å²) in [6.45, 7) is 1.88. The summed E-state index contributed by atoms with van der Waals surface area (Å²) >= 11 is 0. The third-order valence-electron chi connectivity index (χ3n) is 2.97. The minimum Gasteiger partial charge on any atom is -0.508 e.